The second-order valence-corrected chi connectivity index (χ2v) is 11.0. The molecule has 12 heteroatoms. The van der Waals surface area contributed by atoms with Gasteiger partial charge in [-0.05, 0) is 30.7 Å². The summed E-state index contributed by atoms with van der Waals surface area (Å²) in [5.74, 6) is 1.40. The van der Waals surface area contributed by atoms with Gasteiger partial charge in [-0.25, -0.2) is 32.0 Å². The van der Waals surface area contributed by atoms with Gasteiger partial charge in [0.2, 0.25) is 0 Å². The molecular formula is C21H21F2N5O4S. The molecule has 7 rings (SSSR count). The zero-order valence-electron chi connectivity index (χ0n) is 17.4. The van der Waals surface area contributed by atoms with Crippen LogP contribution in [-0.4, -0.2) is 62.2 Å². The predicted octanol–water partition coefficient (Wildman–Crippen LogP) is 1.93. The molecule has 5 heterocycles. The maximum atomic E-state index is 12.4. The van der Waals surface area contributed by atoms with Gasteiger partial charge in [0.05, 0.1) is 42.0 Å². The van der Waals surface area contributed by atoms with Crippen molar-refractivity contribution in [1.29, 1.82) is 0 Å². The average Bonchev–Trinajstić information content (AvgIpc) is 3.17. The van der Waals surface area contributed by atoms with Crippen molar-refractivity contribution in [2.75, 3.05) is 23.3 Å². The van der Waals surface area contributed by atoms with Crippen LogP contribution in [0.15, 0.2) is 24.3 Å². The van der Waals surface area contributed by atoms with Gasteiger partial charge >= 0.3 is 6.03 Å². The van der Waals surface area contributed by atoms with Crippen molar-refractivity contribution >= 4 is 27.4 Å². The highest BCUT2D eigenvalue weighted by Gasteiger charge is 2.65. The van der Waals surface area contributed by atoms with E-state index in [1.54, 1.807) is 24.3 Å². The molecule has 0 spiro atoms. The van der Waals surface area contributed by atoms with Crippen molar-refractivity contribution in [3.63, 3.8) is 0 Å². The van der Waals surface area contributed by atoms with Crippen LogP contribution in [0.2, 0.25) is 0 Å². The summed E-state index contributed by atoms with van der Waals surface area (Å²) in [6.45, 7) is -0.0408. The molecule has 4 bridgehead atoms. The summed E-state index contributed by atoms with van der Waals surface area (Å²) >= 11 is 0. The molecule has 1 saturated carbocycles. The van der Waals surface area contributed by atoms with Gasteiger partial charge in [-0.1, -0.05) is 0 Å². The minimum Gasteiger partial charge on any atom is -0.371 e. The van der Waals surface area contributed by atoms with Gasteiger partial charge in [0.25, 0.3) is 6.43 Å². The Bertz CT molecular complexity index is 1230. The van der Waals surface area contributed by atoms with Crippen LogP contribution in [0.25, 0.3) is 11.4 Å². The predicted molar refractivity (Wildman–Crippen MR) is 115 cm³/mol. The van der Waals surface area contributed by atoms with Crippen LogP contribution in [0.5, 0.6) is 0 Å². The van der Waals surface area contributed by atoms with E-state index in [2.05, 4.69) is 20.5 Å². The summed E-state index contributed by atoms with van der Waals surface area (Å²) in [4.78, 5) is 23.2. The number of halogens is 2. The molecule has 9 nitrogen and oxygen atoms in total. The maximum absolute atomic E-state index is 12.4. The molecule has 4 atom stereocenters. The fraction of sp³-hybridized carbons (Fsp3) is 0.476. The van der Waals surface area contributed by atoms with E-state index in [4.69, 9.17) is 9.72 Å². The van der Waals surface area contributed by atoms with Crippen molar-refractivity contribution in [3.8, 4) is 11.4 Å². The minimum atomic E-state index is -3.27. The fourth-order valence-corrected chi connectivity index (χ4v) is 6.63. The lowest BCUT2D eigenvalue weighted by Crippen LogP contribution is -2.45. The number of ether oxygens (including phenoxy) is 1. The summed E-state index contributed by atoms with van der Waals surface area (Å²) in [5, 5.41) is 4.56. The van der Waals surface area contributed by atoms with Gasteiger partial charge in [0.1, 0.15) is 5.82 Å². The van der Waals surface area contributed by atoms with Gasteiger partial charge in [-0.2, -0.15) is 0 Å². The van der Waals surface area contributed by atoms with Crippen molar-refractivity contribution < 1.29 is 26.7 Å². The Hall–Kier alpha value is -2.86. The molecule has 3 saturated heterocycles. The molecule has 5 aliphatic rings. The summed E-state index contributed by atoms with van der Waals surface area (Å²) in [6, 6.07) is 6.15. The zero-order chi connectivity index (χ0) is 22.9. The van der Waals surface area contributed by atoms with Gasteiger partial charge < -0.3 is 20.3 Å². The number of benzene rings is 1. The smallest absolute Gasteiger partial charge is 0.319 e. The SMILES string of the molecule is O=C(NCC(F)F)Nc1ccc(-c2nc3c(c(N4CC5CC6C(O5)C64)n2)CS(=O)(=O)C3)cc1. The third-order valence-corrected chi connectivity index (χ3v) is 8.02. The number of nitrogens with one attached hydrogen (secondary N) is 2. The number of urea groups is 1. The molecule has 2 aromatic rings. The molecule has 2 N–H and O–H groups in total. The number of nitrogens with zero attached hydrogens (tertiary/aromatic N) is 3. The lowest BCUT2D eigenvalue weighted by Gasteiger charge is -2.36. The number of amides is 2. The quantitative estimate of drug-likeness (QED) is 0.677. The first-order valence-corrected chi connectivity index (χ1v) is 12.6. The Morgan fingerprint density at radius 3 is 2.67 bits per heavy atom. The number of hydrogen-bond acceptors (Lipinski definition) is 7. The zero-order valence-corrected chi connectivity index (χ0v) is 18.2. The van der Waals surface area contributed by atoms with E-state index in [9.17, 15) is 22.0 Å². The third kappa shape index (κ3) is 3.70. The first-order valence-electron chi connectivity index (χ1n) is 10.7. The molecule has 4 unspecified atom stereocenters. The van der Waals surface area contributed by atoms with Gasteiger partial charge in [-0.3, -0.25) is 0 Å². The minimum absolute atomic E-state index is 0.0569. The molecule has 4 aliphatic heterocycles. The van der Waals surface area contributed by atoms with Crippen molar-refractivity contribution in [2.45, 2.75) is 42.6 Å². The summed E-state index contributed by atoms with van der Waals surface area (Å²) in [6.07, 6.45) is -1.23. The van der Waals surface area contributed by atoms with Crippen LogP contribution in [0.1, 0.15) is 17.7 Å². The highest BCUT2D eigenvalue weighted by Crippen LogP contribution is 2.55. The Balaban J connectivity index is 1.28. The molecule has 1 aromatic carbocycles. The summed E-state index contributed by atoms with van der Waals surface area (Å²) < 4.78 is 55.2. The number of sulfone groups is 1. The van der Waals surface area contributed by atoms with Crippen LogP contribution < -0.4 is 15.5 Å². The van der Waals surface area contributed by atoms with E-state index in [-0.39, 0.29) is 29.8 Å². The summed E-state index contributed by atoms with van der Waals surface area (Å²) in [5.41, 5.74) is 2.29. The number of carbonyl (C=O) groups is 1. The van der Waals surface area contributed by atoms with Crippen LogP contribution in [-0.2, 0) is 26.1 Å². The lowest BCUT2D eigenvalue weighted by molar-refractivity contribution is 0.0492. The van der Waals surface area contributed by atoms with Gasteiger partial charge in [0, 0.05) is 29.3 Å². The van der Waals surface area contributed by atoms with E-state index < -0.39 is 28.8 Å². The number of rotatable bonds is 5. The number of alkyl halides is 2. The van der Waals surface area contributed by atoms with Crippen molar-refractivity contribution in [2.24, 2.45) is 5.92 Å². The van der Waals surface area contributed by atoms with Crippen LogP contribution >= 0.6 is 0 Å². The molecule has 33 heavy (non-hydrogen) atoms. The highest BCUT2D eigenvalue weighted by atomic mass is 32.2. The number of carbonyl (C=O) groups excluding carboxylic acids is 1. The fourth-order valence-electron chi connectivity index (χ4n) is 5.13. The molecular weight excluding hydrogens is 456 g/mol. The maximum Gasteiger partial charge on any atom is 0.319 e. The Morgan fingerprint density at radius 2 is 2.00 bits per heavy atom. The van der Waals surface area contributed by atoms with E-state index in [0.717, 1.165) is 6.42 Å². The first kappa shape index (κ1) is 20.7. The van der Waals surface area contributed by atoms with Crippen LogP contribution in [0.3, 0.4) is 0 Å². The van der Waals surface area contributed by atoms with Crippen molar-refractivity contribution in [3.05, 3.63) is 35.5 Å². The topological polar surface area (TPSA) is 114 Å². The summed E-state index contributed by atoms with van der Waals surface area (Å²) in [7, 11) is -3.27. The third-order valence-electron chi connectivity index (χ3n) is 6.58. The van der Waals surface area contributed by atoms with Gasteiger partial charge in [-0.15, -0.1) is 0 Å². The normalized spacial score (nSPS) is 28.0. The van der Waals surface area contributed by atoms with E-state index >= 15 is 0 Å². The molecule has 1 aliphatic carbocycles. The van der Waals surface area contributed by atoms with Crippen molar-refractivity contribution in [1.82, 2.24) is 15.3 Å². The van der Waals surface area contributed by atoms with E-state index in [1.165, 1.54) is 0 Å². The first-order chi connectivity index (χ1) is 15.8. The highest BCUT2D eigenvalue weighted by molar-refractivity contribution is 7.90. The number of fused-ring (bicyclic) bond motifs is 2. The second kappa shape index (κ2) is 7.32. The molecule has 0 radical (unpaired) electrons. The number of aromatic nitrogens is 2. The van der Waals surface area contributed by atoms with E-state index in [1.807, 2.05) is 0 Å². The molecule has 174 valence electrons. The number of hydrogen-bond donors (Lipinski definition) is 2. The monoisotopic (exact) mass is 477 g/mol. The number of piperidine rings is 1. The average molecular weight is 477 g/mol. The molecule has 4 fully saturated rings. The Kier molecular flexibility index (Phi) is 4.60. The number of anilines is 2. The second-order valence-electron chi connectivity index (χ2n) is 8.90. The largest absolute Gasteiger partial charge is 0.371 e. The van der Waals surface area contributed by atoms with E-state index in [0.29, 0.717) is 46.6 Å². The van der Waals surface area contributed by atoms with Crippen LogP contribution in [0.4, 0.5) is 25.1 Å². The van der Waals surface area contributed by atoms with Crippen LogP contribution in [0, 0.1) is 5.92 Å². The standard InChI is InChI=1S/C21H21F2N5O4S/c22-16(23)6-24-21(29)25-11-3-1-10(2-4-11)19-26-15-9-33(30,31)8-14(15)20(27-19)28-7-12-5-13-17(28)18(13)32-12/h1-4,12-13,16-18H,5-9H2,(H2,24,25,29). The number of morpholine rings is 1. The molecule has 1 aromatic heterocycles. The Morgan fingerprint density at radius 1 is 1.21 bits per heavy atom. The van der Waals surface area contributed by atoms with Gasteiger partial charge in [0.15, 0.2) is 15.7 Å². The lowest BCUT2D eigenvalue weighted by atomic mass is 10.1. The Labute approximate surface area is 188 Å². The molecule has 2 amide bonds.